The van der Waals surface area contributed by atoms with Gasteiger partial charge in [-0.2, -0.15) is 0 Å². The normalized spacial score (nSPS) is 22.0. The van der Waals surface area contributed by atoms with Crippen LogP contribution in [0.5, 0.6) is 5.75 Å². The van der Waals surface area contributed by atoms with Crippen molar-refractivity contribution in [3.63, 3.8) is 0 Å². The first-order valence-electron chi connectivity index (χ1n) is 5.83. The molecular formula is C13H18N2O2. The summed E-state index contributed by atoms with van der Waals surface area (Å²) in [4.78, 5) is 11.9. The molecular weight excluding hydrogens is 216 g/mol. The summed E-state index contributed by atoms with van der Waals surface area (Å²) in [6.07, 6.45) is 1.21. The highest BCUT2D eigenvalue weighted by molar-refractivity contribution is 5.95. The Hall–Kier alpha value is -1.71. The van der Waals surface area contributed by atoms with Crippen molar-refractivity contribution in [2.75, 3.05) is 19.4 Å². The van der Waals surface area contributed by atoms with E-state index >= 15 is 0 Å². The highest BCUT2D eigenvalue weighted by Gasteiger charge is 2.32. The molecule has 3 N–H and O–H groups in total. The molecule has 2 rings (SSSR count). The van der Waals surface area contributed by atoms with E-state index in [1.54, 1.807) is 25.3 Å². The Bertz CT molecular complexity index is 431. The maximum Gasteiger partial charge on any atom is 0.251 e. The van der Waals surface area contributed by atoms with Gasteiger partial charge in [0, 0.05) is 12.1 Å². The maximum absolute atomic E-state index is 11.9. The van der Waals surface area contributed by atoms with Crippen LogP contribution < -0.4 is 15.8 Å². The van der Waals surface area contributed by atoms with Crippen LogP contribution in [0, 0.1) is 11.8 Å². The summed E-state index contributed by atoms with van der Waals surface area (Å²) in [5.74, 6) is 1.87. The van der Waals surface area contributed by atoms with Gasteiger partial charge in [0.25, 0.3) is 5.91 Å². The molecule has 1 fully saturated rings. The summed E-state index contributed by atoms with van der Waals surface area (Å²) in [5.41, 5.74) is 6.82. The fourth-order valence-electron chi connectivity index (χ4n) is 1.86. The molecule has 2 atom stereocenters. The van der Waals surface area contributed by atoms with E-state index in [1.165, 1.54) is 6.42 Å². The van der Waals surface area contributed by atoms with Gasteiger partial charge >= 0.3 is 0 Å². The van der Waals surface area contributed by atoms with Gasteiger partial charge in [0.2, 0.25) is 0 Å². The molecule has 1 amide bonds. The molecule has 0 aromatic heterocycles. The first-order chi connectivity index (χ1) is 8.11. The molecule has 1 aromatic rings. The van der Waals surface area contributed by atoms with Gasteiger partial charge in [-0.3, -0.25) is 4.79 Å². The minimum atomic E-state index is -0.0672. The number of carbonyl (C=O) groups is 1. The Balaban J connectivity index is 1.98. The fraction of sp³-hybridized carbons (Fsp3) is 0.462. The molecule has 0 heterocycles. The third kappa shape index (κ3) is 2.70. The van der Waals surface area contributed by atoms with Crippen molar-refractivity contribution in [2.24, 2.45) is 11.8 Å². The predicted octanol–water partition coefficient (Wildman–Crippen LogP) is 1.66. The minimum absolute atomic E-state index is 0.0672. The number of anilines is 1. The molecule has 92 valence electrons. The largest absolute Gasteiger partial charge is 0.495 e. The molecule has 0 aliphatic heterocycles. The first kappa shape index (κ1) is 11.8. The van der Waals surface area contributed by atoms with E-state index in [0.717, 1.165) is 12.5 Å². The monoisotopic (exact) mass is 234 g/mol. The van der Waals surface area contributed by atoms with Gasteiger partial charge in [0.05, 0.1) is 12.8 Å². The summed E-state index contributed by atoms with van der Waals surface area (Å²) < 4.78 is 5.09. The van der Waals surface area contributed by atoms with E-state index in [0.29, 0.717) is 22.9 Å². The summed E-state index contributed by atoms with van der Waals surface area (Å²) in [5, 5.41) is 2.93. The van der Waals surface area contributed by atoms with Crippen LogP contribution in [0.1, 0.15) is 23.7 Å². The number of benzene rings is 1. The van der Waals surface area contributed by atoms with Crippen molar-refractivity contribution in [1.29, 1.82) is 0 Å². The van der Waals surface area contributed by atoms with Crippen molar-refractivity contribution >= 4 is 11.6 Å². The number of hydrogen-bond acceptors (Lipinski definition) is 3. The number of nitrogen functional groups attached to an aromatic ring is 1. The molecule has 1 aliphatic carbocycles. The second-order valence-corrected chi connectivity index (χ2v) is 4.64. The first-order valence-corrected chi connectivity index (χ1v) is 5.83. The standard InChI is InChI=1S/C13H18N2O2/c1-8-5-10(8)7-15-13(16)9-3-4-11(14)12(6-9)17-2/h3-4,6,8,10H,5,7,14H2,1-2H3,(H,15,16). The fourth-order valence-corrected chi connectivity index (χ4v) is 1.86. The minimum Gasteiger partial charge on any atom is -0.495 e. The Morgan fingerprint density at radius 3 is 2.88 bits per heavy atom. The van der Waals surface area contributed by atoms with Crippen LogP contribution >= 0.6 is 0 Å². The average Bonchev–Trinajstić information content (AvgIpc) is 3.03. The van der Waals surface area contributed by atoms with Gasteiger partial charge in [0.15, 0.2) is 0 Å². The quantitative estimate of drug-likeness (QED) is 0.779. The molecule has 4 nitrogen and oxygen atoms in total. The lowest BCUT2D eigenvalue weighted by atomic mass is 10.1. The topological polar surface area (TPSA) is 64.3 Å². The van der Waals surface area contributed by atoms with Gasteiger partial charge < -0.3 is 15.8 Å². The SMILES string of the molecule is COc1cc(C(=O)NCC2CC2C)ccc1N. The van der Waals surface area contributed by atoms with E-state index in [4.69, 9.17) is 10.5 Å². The summed E-state index contributed by atoms with van der Waals surface area (Å²) >= 11 is 0. The highest BCUT2D eigenvalue weighted by Crippen LogP contribution is 2.36. The van der Waals surface area contributed by atoms with E-state index in [-0.39, 0.29) is 5.91 Å². The van der Waals surface area contributed by atoms with Gasteiger partial charge in [0.1, 0.15) is 5.75 Å². The summed E-state index contributed by atoms with van der Waals surface area (Å²) in [6.45, 7) is 2.95. The van der Waals surface area contributed by atoms with Crippen LogP contribution in [0.2, 0.25) is 0 Å². The lowest BCUT2D eigenvalue weighted by Gasteiger charge is -2.08. The number of amides is 1. The van der Waals surface area contributed by atoms with Gasteiger partial charge in [-0.25, -0.2) is 0 Å². The Morgan fingerprint density at radius 2 is 2.29 bits per heavy atom. The third-order valence-corrected chi connectivity index (χ3v) is 3.30. The summed E-state index contributed by atoms with van der Waals surface area (Å²) in [6, 6.07) is 5.07. The average molecular weight is 234 g/mol. The lowest BCUT2D eigenvalue weighted by molar-refractivity contribution is 0.0951. The van der Waals surface area contributed by atoms with E-state index in [1.807, 2.05) is 0 Å². The predicted molar refractivity (Wildman–Crippen MR) is 67.0 cm³/mol. The van der Waals surface area contributed by atoms with Gasteiger partial charge in [-0.15, -0.1) is 0 Å². The van der Waals surface area contributed by atoms with Crippen LogP contribution in [0.15, 0.2) is 18.2 Å². The number of hydrogen-bond donors (Lipinski definition) is 2. The second-order valence-electron chi connectivity index (χ2n) is 4.64. The number of nitrogens with two attached hydrogens (primary N) is 1. The van der Waals surface area contributed by atoms with Crippen molar-refractivity contribution in [3.05, 3.63) is 23.8 Å². The highest BCUT2D eigenvalue weighted by atomic mass is 16.5. The van der Waals surface area contributed by atoms with Crippen LogP contribution in [0.25, 0.3) is 0 Å². The number of carbonyl (C=O) groups excluding carboxylic acids is 1. The third-order valence-electron chi connectivity index (χ3n) is 3.30. The van der Waals surface area contributed by atoms with Crippen LogP contribution in [0.4, 0.5) is 5.69 Å². The lowest BCUT2D eigenvalue weighted by Crippen LogP contribution is -2.25. The van der Waals surface area contributed by atoms with Crippen LogP contribution in [0.3, 0.4) is 0 Å². The molecule has 1 saturated carbocycles. The number of methoxy groups -OCH3 is 1. The molecule has 1 aromatic carbocycles. The van der Waals surface area contributed by atoms with E-state index < -0.39 is 0 Å². The van der Waals surface area contributed by atoms with E-state index in [2.05, 4.69) is 12.2 Å². The zero-order valence-electron chi connectivity index (χ0n) is 10.2. The van der Waals surface area contributed by atoms with Crippen LogP contribution in [-0.4, -0.2) is 19.6 Å². The van der Waals surface area contributed by atoms with Crippen molar-refractivity contribution in [3.8, 4) is 5.75 Å². The zero-order chi connectivity index (χ0) is 12.4. The summed E-state index contributed by atoms with van der Waals surface area (Å²) in [7, 11) is 1.54. The zero-order valence-corrected chi connectivity index (χ0v) is 10.2. The molecule has 0 spiro atoms. The molecule has 1 aliphatic rings. The Kier molecular flexibility index (Phi) is 3.22. The molecule has 2 unspecified atom stereocenters. The Labute approximate surface area is 101 Å². The number of rotatable bonds is 4. The second kappa shape index (κ2) is 4.65. The maximum atomic E-state index is 11.9. The van der Waals surface area contributed by atoms with Crippen molar-refractivity contribution in [2.45, 2.75) is 13.3 Å². The molecule has 17 heavy (non-hydrogen) atoms. The van der Waals surface area contributed by atoms with Crippen molar-refractivity contribution in [1.82, 2.24) is 5.32 Å². The van der Waals surface area contributed by atoms with Gasteiger partial charge in [-0.05, 0) is 36.5 Å². The van der Waals surface area contributed by atoms with Gasteiger partial charge in [-0.1, -0.05) is 6.92 Å². The van der Waals surface area contributed by atoms with Crippen LogP contribution in [-0.2, 0) is 0 Å². The molecule has 4 heteroatoms. The molecule has 0 bridgehead atoms. The smallest absolute Gasteiger partial charge is 0.251 e. The van der Waals surface area contributed by atoms with E-state index in [9.17, 15) is 4.79 Å². The Morgan fingerprint density at radius 1 is 1.59 bits per heavy atom. The number of nitrogens with one attached hydrogen (secondary N) is 1. The molecule has 0 saturated heterocycles. The number of ether oxygens (including phenoxy) is 1. The molecule has 0 radical (unpaired) electrons. The van der Waals surface area contributed by atoms with Crippen molar-refractivity contribution < 1.29 is 9.53 Å².